The minimum atomic E-state index is -0.798. The number of aromatic carboxylic acids is 2. The van der Waals surface area contributed by atoms with Crippen molar-refractivity contribution in [2.75, 3.05) is 27.3 Å². The number of carboxylic acids is 2. The predicted octanol–water partition coefficient (Wildman–Crippen LogP) is 13.3. The van der Waals surface area contributed by atoms with E-state index in [1.54, 1.807) is 14.2 Å². The molecule has 68 heavy (non-hydrogen) atoms. The zero-order valence-corrected chi connectivity index (χ0v) is 39.8. The Bertz CT molecular complexity index is 2580. The zero-order chi connectivity index (χ0) is 46.2. The molecular formula is C58H76N4O6. The highest BCUT2D eigenvalue weighted by Gasteiger charge is 2.35. The molecule has 10 rings (SSSR count). The quantitative estimate of drug-likeness (QED) is 0.107. The van der Waals surface area contributed by atoms with Gasteiger partial charge in [0.1, 0.15) is 11.5 Å². The molecule has 2 aliphatic heterocycles. The number of methoxy groups -OCH3 is 2. The molecule has 0 saturated carbocycles. The van der Waals surface area contributed by atoms with Gasteiger partial charge in [0.15, 0.2) is 0 Å². The number of fused-ring (bicyclic) bond motifs is 4. The third-order valence-corrected chi connectivity index (χ3v) is 15.7. The van der Waals surface area contributed by atoms with Gasteiger partial charge in [-0.15, -0.1) is 0 Å². The second-order valence-corrected chi connectivity index (χ2v) is 19.9. The van der Waals surface area contributed by atoms with Crippen LogP contribution in [0.15, 0.2) is 60.9 Å². The van der Waals surface area contributed by atoms with Crippen LogP contribution in [-0.2, 0) is 38.8 Å². The minimum Gasteiger partial charge on any atom is -0.496 e. The van der Waals surface area contributed by atoms with E-state index in [9.17, 15) is 19.8 Å². The van der Waals surface area contributed by atoms with E-state index in [2.05, 4.69) is 83.9 Å². The maximum Gasteiger partial charge on any atom is 0.335 e. The van der Waals surface area contributed by atoms with Crippen molar-refractivity contribution in [3.05, 3.63) is 128 Å². The molecule has 4 aliphatic rings. The van der Waals surface area contributed by atoms with Crippen molar-refractivity contribution >= 4 is 33.7 Å². The Morgan fingerprint density at radius 3 is 1.35 bits per heavy atom. The van der Waals surface area contributed by atoms with Crippen molar-refractivity contribution in [1.29, 1.82) is 0 Å². The van der Waals surface area contributed by atoms with E-state index < -0.39 is 11.9 Å². The Morgan fingerprint density at radius 2 is 0.985 bits per heavy atom. The van der Waals surface area contributed by atoms with Crippen LogP contribution in [0.5, 0.6) is 11.5 Å². The average molecular weight is 925 g/mol. The van der Waals surface area contributed by atoms with Gasteiger partial charge in [0, 0.05) is 70.5 Å². The largest absolute Gasteiger partial charge is 0.496 e. The summed E-state index contributed by atoms with van der Waals surface area (Å²) in [5.74, 6) is 1.59. The number of likely N-dealkylation sites (tertiary alicyclic amines) is 2. The van der Waals surface area contributed by atoms with Crippen LogP contribution in [0.4, 0.5) is 0 Å². The molecular weight excluding hydrogens is 849 g/mol. The molecule has 4 N–H and O–H groups in total. The van der Waals surface area contributed by atoms with Crippen molar-refractivity contribution in [2.24, 2.45) is 11.8 Å². The van der Waals surface area contributed by atoms with Crippen LogP contribution in [-0.4, -0.2) is 69.2 Å². The van der Waals surface area contributed by atoms with Crippen LogP contribution < -0.4 is 9.47 Å². The maximum absolute atomic E-state index is 11.9. The molecule has 2 unspecified atom stereocenters. The zero-order valence-electron chi connectivity index (χ0n) is 39.8. The highest BCUT2D eigenvalue weighted by atomic mass is 16.5. The molecule has 0 spiro atoms. The van der Waals surface area contributed by atoms with E-state index in [0.29, 0.717) is 35.0 Å². The summed E-state index contributed by atoms with van der Waals surface area (Å²) in [5.41, 5.74) is 15.6. The first-order chi connectivity index (χ1) is 31.9. The van der Waals surface area contributed by atoms with Crippen molar-refractivity contribution in [3.8, 4) is 11.5 Å². The molecule has 6 aromatic rings. The van der Waals surface area contributed by atoms with Gasteiger partial charge in [-0.3, -0.25) is 9.80 Å². The van der Waals surface area contributed by atoms with Crippen LogP contribution in [0.1, 0.15) is 169 Å². The van der Waals surface area contributed by atoms with Crippen molar-refractivity contribution < 1.29 is 29.3 Å². The van der Waals surface area contributed by atoms with Gasteiger partial charge < -0.3 is 29.7 Å². The number of aromatic nitrogens is 2. The number of hydrogen-bond donors (Lipinski definition) is 4. The highest BCUT2D eigenvalue weighted by Crippen LogP contribution is 2.44. The Kier molecular flexibility index (Phi) is 15.8. The van der Waals surface area contributed by atoms with Gasteiger partial charge in [0.25, 0.3) is 0 Å². The number of ether oxygens (including phenoxy) is 2. The van der Waals surface area contributed by atoms with Gasteiger partial charge in [-0.25, -0.2) is 9.59 Å². The summed E-state index contributed by atoms with van der Waals surface area (Å²) in [6.07, 6.45) is 16.7. The third kappa shape index (κ3) is 9.68. The molecule has 2 saturated heterocycles. The molecule has 10 heteroatoms. The number of hydrogen-bond acceptors (Lipinski definition) is 6. The lowest BCUT2D eigenvalue weighted by molar-refractivity contribution is 0.0684. The number of aromatic amines is 2. The lowest BCUT2D eigenvalue weighted by Gasteiger charge is -2.41. The fourth-order valence-electron chi connectivity index (χ4n) is 12.2. The van der Waals surface area contributed by atoms with E-state index in [-0.39, 0.29) is 14.9 Å². The molecule has 364 valence electrons. The second-order valence-electron chi connectivity index (χ2n) is 19.9. The summed E-state index contributed by atoms with van der Waals surface area (Å²) in [6.45, 7) is 12.6. The topological polar surface area (TPSA) is 131 Å². The summed E-state index contributed by atoms with van der Waals surface area (Å²) in [5, 5.41) is 22.0. The first-order valence-corrected chi connectivity index (χ1v) is 24.5. The van der Waals surface area contributed by atoms with E-state index in [0.717, 1.165) is 113 Å². The normalized spacial score (nSPS) is 20.6. The first-order valence-electron chi connectivity index (χ1n) is 24.5. The van der Waals surface area contributed by atoms with Crippen LogP contribution in [0.3, 0.4) is 0 Å². The smallest absolute Gasteiger partial charge is 0.335 e. The average Bonchev–Trinajstić information content (AvgIpc) is 4.03. The fraction of sp³-hybridized carbons (Fsp3) is 0.483. The molecule has 4 aromatic carbocycles. The van der Waals surface area contributed by atoms with Gasteiger partial charge in [-0.05, 0) is 197 Å². The number of nitrogens with zero attached hydrogens (tertiary/aromatic N) is 2. The lowest BCUT2D eigenvalue weighted by Crippen LogP contribution is -2.36. The SMILES string of the molecule is C.C.COc1cc(C)c2[nH]ccc2c1CN1CCC(C)CC1c1ccc(C(=O)O)c2c1CCCC2.COc1cc(C)c2[nH]ccc2c1CN1CC[C@@H](C)C[C@H]1c1ccc(C(=O)O)c2c1CCCC2. The third-order valence-electron chi connectivity index (χ3n) is 15.7. The Labute approximate surface area is 404 Å². The number of nitrogens with one attached hydrogen (secondary N) is 2. The van der Waals surface area contributed by atoms with E-state index in [1.807, 2.05) is 24.5 Å². The van der Waals surface area contributed by atoms with Crippen LogP contribution >= 0.6 is 0 Å². The number of carbonyl (C=O) groups is 2. The second kappa shape index (κ2) is 21.4. The Hall–Kier alpha value is -5.58. The van der Waals surface area contributed by atoms with Gasteiger partial charge in [0.2, 0.25) is 0 Å². The summed E-state index contributed by atoms with van der Waals surface area (Å²) < 4.78 is 11.7. The summed E-state index contributed by atoms with van der Waals surface area (Å²) in [6, 6.07) is 17.1. The van der Waals surface area contributed by atoms with Gasteiger partial charge >= 0.3 is 11.9 Å². The molecule has 4 atom stereocenters. The lowest BCUT2D eigenvalue weighted by atomic mass is 9.79. The Balaban J connectivity index is 0.000000196. The fourth-order valence-corrected chi connectivity index (χ4v) is 12.2. The van der Waals surface area contributed by atoms with Gasteiger partial charge in [-0.1, -0.05) is 40.8 Å². The molecule has 0 bridgehead atoms. The van der Waals surface area contributed by atoms with Crippen LogP contribution in [0.25, 0.3) is 21.8 Å². The molecule has 0 amide bonds. The summed E-state index contributed by atoms with van der Waals surface area (Å²) in [4.78, 5) is 35.8. The number of benzene rings is 4. The first kappa shape index (κ1) is 50.3. The van der Waals surface area contributed by atoms with Crippen LogP contribution in [0.2, 0.25) is 0 Å². The summed E-state index contributed by atoms with van der Waals surface area (Å²) >= 11 is 0. The molecule has 10 nitrogen and oxygen atoms in total. The Morgan fingerprint density at radius 1 is 0.603 bits per heavy atom. The maximum atomic E-state index is 11.9. The number of aryl methyl sites for hydroxylation is 2. The van der Waals surface area contributed by atoms with Crippen molar-refractivity contribution in [2.45, 2.75) is 145 Å². The molecule has 0 radical (unpaired) electrons. The van der Waals surface area contributed by atoms with Gasteiger partial charge in [0.05, 0.1) is 25.3 Å². The minimum absolute atomic E-state index is 0. The highest BCUT2D eigenvalue weighted by molar-refractivity contribution is 5.91. The monoisotopic (exact) mass is 925 g/mol. The number of rotatable bonds is 10. The number of carboxylic acid groups (broad SMARTS) is 2. The standard InChI is InChI=1S/2C28H34N2O3.2CH4/c2*1-17-11-13-30(16-24-22-10-12-29-27(22)18(2)15-26(24)33-3)25(14-17)21-8-9-23(28(31)32)20-7-5-4-6-19(20)21;;/h2*8-10,12,15,17,25,29H,4-7,11,13-14,16H2,1-3H3,(H,31,32);2*1H4/t17-,25+;;;/m1.../s1. The molecule has 2 aromatic heterocycles. The number of H-pyrrole nitrogens is 2. The van der Waals surface area contributed by atoms with Gasteiger partial charge in [-0.2, -0.15) is 0 Å². The number of piperidine rings is 2. The van der Waals surface area contributed by atoms with Crippen molar-refractivity contribution in [1.82, 2.24) is 19.8 Å². The van der Waals surface area contributed by atoms with Crippen LogP contribution in [0, 0.1) is 25.7 Å². The summed E-state index contributed by atoms with van der Waals surface area (Å²) in [7, 11) is 3.51. The molecule has 4 heterocycles. The van der Waals surface area contributed by atoms with Crippen molar-refractivity contribution in [3.63, 3.8) is 0 Å². The molecule has 2 aliphatic carbocycles. The molecule has 2 fully saturated rings. The van der Waals surface area contributed by atoms with E-state index >= 15 is 0 Å². The van der Waals surface area contributed by atoms with E-state index in [1.165, 1.54) is 79.2 Å². The van der Waals surface area contributed by atoms with E-state index in [4.69, 9.17) is 9.47 Å². The predicted molar refractivity (Wildman–Crippen MR) is 276 cm³/mol.